The van der Waals surface area contributed by atoms with E-state index in [-0.39, 0.29) is 25.3 Å². The predicted molar refractivity (Wildman–Crippen MR) is 241 cm³/mol. The molecule has 0 saturated heterocycles. The lowest BCUT2D eigenvalue weighted by Crippen LogP contribution is -2.14. The fourth-order valence-electron chi connectivity index (χ4n) is 7.28. The van der Waals surface area contributed by atoms with Gasteiger partial charge in [0.05, 0.1) is 12.9 Å². The van der Waals surface area contributed by atoms with Gasteiger partial charge in [0.2, 0.25) is 13.6 Å². The summed E-state index contributed by atoms with van der Waals surface area (Å²) < 4.78 is 42.4. The molecule has 0 radical (unpaired) electrons. The van der Waals surface area contributed by atoms with Gasteiger partial charge < -0.3 is 24.5 Å². The van der Waals surface area contributed by atoms with Crippen LogP contribution >= 0.6 is 7.60 Å². The van der Waals surface area contributed by atoms with E-state index in [0.717, 1.165) is 38.5 Å². The number of nitrogens with zero attached hydrogens (tertiary/aromatic N) is 4. The van der Waals surface area contributed by atoms with Gasteiger partial charge in [-0.3, -0.25) is 23.2 Å². The highest BCUT2D eigenvalue weighted by Crippen LogP contribution is 2.48. The molecule has 2 aromatic heterocycles. The van der Waals surface area contributed by atoms with Crippen LogP contribution in [0.25, 0.3) is 11.2 Å². The van der Waals surface area contributed by atoms with Gasteiger partial charge in [0, 0.05) is 19.4 Å². The Morgan fingerprint density at radius 3 is 1.35 bits per heavy atom. The second-order valence-corrected chi connectivity index (χ2v) is 18.4. The van der Waals surface area contributed by atoms with E-state index in [0.29, 0.717) is 17.7 Å². The summed E-state index contributed by atoms with van der Waals surface area (Å²) in [4.78, 5) is 37.2. The quantitative estimate of drug-likeness (QED) is 0.0290. The van der Waals surface area contributed by atoms with Gasteiger partial charge in [-0.15, -0.1) is 0 Å². The monoisotopic (exact) mass is 866 g/mol. The standard InChI is InChI=1S/C46H84N5O8P/c1-3-5-7-9-11-13-15-17-19-21-23-25-27-29-31-33-42(52)56-39-58-60(54,41-55-36-35-51-38-50-44-45(47)48-37-49-46(44)51)59-40-57-43(53)34-32-30-28-26-24-22-20-18-16-14-12-10-8-6-4-2/h37-38H,3-36,39-41H2,1-2H3,(H2,47,48,49). The molecular formula is C46H84N5O8P. The number of ether oxygens (including phenoxy) is 3. The first-order chi connectivity index (χ1) is 29.4. The van der Waals surface area contributed by atoms with Crippen LogP contribution in [0, 0.1) is 0 Å². The van der Waals surface area contributed by atoms with Crippen molar-refractivity contribution >= 4 is 36.5 Å². The van der Waals surface area contributed by atoms with Crippen LogP contribution in [0.2, 0.25) is 0 Å². The molecular weight excluding hydrogens is 782 g/mol. The summed E-state index contributed by atoms with van der Waals surface area (Å²) >= 11 is 0. The number of hydrogen-bond acceptors (Lipinski definition) is 12. The number of carbonyl (C=O) groups excluding carboxylic acids is 2. The Hall–Kier alpha value is -2.60. The van der Waals surface area contributed by atoms with Crippen LogP contribution < -0.4 is 5.73 Å². The van der Waals surface area contributed by atoms with E-state index in [1.54, 1.807) is 10.9 Å². The molecule has 2 aromatic rings. The lowest BCUT2D eigenvalue weighted by Gasteiger charge is -2.18. The molecule has 0 unspecified atom stereocenters. The van der Waals surface area contributed by atoms with Gasteiger partial charge in [0.25, 0.3) is 0 Å². The number of hydrogen-bond donors (Lipinski definition) is 1. The van der Waals surface area contributed by atoms with Gasteiger partial charge in [-0.1, -0.05) is 194 Å². The van der Waals surface area contributed by atoms with Crippen molar-refractivity contribution in [1.82, 2.24) is 19.5 Å². The maximum absolute atomic E-state index is 13.6. The average molecular weight is 866 g/mol. The molecule has 2 heterocycles. The molecule has 0 aliphatic rings. The average Bonchev–Trinajstić information content (AvgIpc) is 3.66. The number of fused-ring (bicyclic) bond motifs is 1. The Labute approximate surface area is 363 Å². The van der Waals surface area contributed by atoms with Gasteiger partial charge in [0.15, 0.2) is 11.5 Å². The highest BCUT2D eigenvalue weighted by molar-refractivity contribution is 7.53. The minimum Gasteiger partial charge on any atom is -0.438 e. The second-order valence-electron chi connectivity index (χ2n) is 16.4. The SMILES string of the molecule is CCCCCCCCCCCCCCCCCC(=O)OCOP(=O)(COCCn1cnc2c(N)ncnc21)OCOC(=O)CCCCCCCCCCCCCCCCC. The minimum absolute atomic E-state index is 0.115. The molecule has 60 heavy (non-hydrogen) atoms. The first-order valence-electron chi connectivity index (χ1n) is 24.1. The van der Waals surface area contributed by atoms with Crippen LogP contribution in [0.1, 0.15) is 219 Å². The minimum atomic E-state index is -3.97. The van der Waals surface area contributed by atoms with Crippen molar-refractivity contribution in [1.29, 1.82) is 0 Å². The molecule has 0 bridgehead atoms. The molecule has 2 rings (SSSR count). The molecule has 14 heteroatoms. The molecule has 0 atom stereocenters. The number of aromatic nitrogens is 4. The smallest absolute Gasteiger partial charge is 0.361 e. The number of rotatable bonds is 43. The summed E-state index contributed by atoms with van der Waals surface area (Å²) in [5.74, 6) is -0.588. The summed E-state index contributed by atoms with van der Waals surface area (Å²) in [7, 11) is -3.97. The summed E-state index contributed by atoms with van der Waals surface area (Å²) in [6.07, 6.45) is 40.4. The van der Waals surface area contributed by atoms with Crippen LogP contribution in [0.15, 0.2) is 12.7 Å². The summed E-state index contributed by atoms with van der Waals surface area (Å²) in [6.45, 7) is 3.84. The molecule has 0 aliphatic carbocycles. The normalized spacial score (nSPS) is 11.8. The fraction of sp³-hybridized carbons (Fsp3) is 0.848. The number of nitrogens with two attached hydrogens (primary N) is 1. The molecule has 0 fully saturated rings. The first-order valence-corrected chi connectivity index (χ1v) is 25.8. The van der Waals surface area contributed by atoms with E-state index in [1.807, 2.05) is 0 Å². The number of unbranched alkanes of at least 4 members (excludes halogenated alkanes) is 28. The summed E-state index contributed by atoms with van der Waals surface area (Å²) in [5, 5.41) is 0. The number of carbonyl (C=O) groups is 2. The van der Waals surface area contributed by atoms with Gasteiger partial charge in [-0.05, 0) is 12.8 Å². The zero-order valence-corrected chi connectivity index (χ0v) is 38.8. The van der Waals surface area contributed by atoms with Crippen molar-refractivity contribution in [2.45, 2.75) is 226 Å². The van der Waals surface area contributed by atoms with Crippen molar-refractivity contribution < 1.29 is 37.4 Å². The summed E-state index contributed by atoms with van der Waals surface area (Å²) in [5.41, 5.74) is 6.91. The van der Waals surface area contributed by atoms with Crippen molar-refractivity contribution in [2.75, 3.05) is 32.3 Å². The summed E-state index contributed by atoms with van der Waals surface area (Å²) in [6, 6.07) is 0. The number of anilines is 1. The number of nitrogen functional groups attached to an aromatic ring is 1. The fourth-order valence-corrected chi connectivity index (χ4v) is 8.29. The van der Waals surface area contributed by atoms with Gasteiger partial charge in [-0.2, -0.15) is 0 Å². The highest BCUT2D eigenvalue weighted by atomic mass is 31.2. The zero-order valence-electron chi connectivity index (χ0n) is 37.9. The molecule has 0 aliphatic heterocycles. The zero-order chi connectivity index (χ0) is 43.2. The third-order valence-electron chi connectivity index (χ3n) is 11.1. The van der Waals surface area contributed by atoms with Crippen molar-refractivity contribution in [2.24, 2.45) is 0 Å². The Kier molecular flexibility index (Phi) is 33.0. The topological polar surface area (TPSA) is 167 Å². The van der Waals surface area contributed by atoms with Crippen LogP contribution in [0.3, 0.4) is 0 Å². The van der Waals surface area contributed by atoms with Gasteiger partial charge in [-0.25, -0.2) is 15.0 Å². The molecule has 13 nitrogen and oxygen atoms in total. The van der Waals surface area contributed by atoms with Crippen LogP contribution in [0.5, 0.6) is 0 Å². The lowest BCUT2D eigenvalue weighted by atomic mass is 10.0. The highest BCUT2D eigenvalue weighted by Gasteiger charge is 2.27. The largest absolute Gasteiger partial charge is 0.438 e. The second kappa shape index (κ2) is 37.0. The van der Waals surface area contributed by atoms with Crippen molar-refractivity contribution in [3.05, 3.63) is 12.7 Å². The van der Waals surface area contributed by atoms with Crippen LogP contribution in [-0.2, 0) is 44.0 Å². The maximum Gasteiger partial charge on any atom is 0.361 e. The van der Waals surface area contributed by atoms with E-state index in [1.165, 1.54) is 160 Å². The van der Waals surface area contributed by atoms with E-state index in [4.69, 9.17) is 29.0 Å². The number of esters is 2. The Morgan fingerprint density at radius 2 is 0.950 bits per heavy atom. The predicted octanol–water partition coefficient (Wildman–Crippen LogP) is 13.1. The van der Waals surface area contributed by atoms with E-state index < -0.39 is 39.5 Å². The van der Waals surface area contributed by atoms with Gasteiger partial charge in [0.1, 0.15) is 18.2 Å². The molecule has 2 N–H and O–H groups in total. The van der Waals surface area contributed by atoms with E-state index in [9.17, 15) is 14.2 Å². The van der Waals surface area contributed by atoms with E-state index in [2.05, 4.69) is 28.8 Å². The van der Waals surface area contributed by atoms with Gasteiger partial charge >= 0.3 is 19.5 Å². The Balaban J connectivity index is 1.60. The third kappa shape index (κ3) is 28.1. The first kappa shape index (κ1) is 53.5. The Morgan fingerprint density at radius 1 is 0.567 bits per heavy atom. The molecule has 346 valence electrons. The van der Waals surface area contributed by atoms with Crippen LogP contribution in [0.4, 0.5) is 5.82 Å². The van der Waals surface area contributed by atoms with E-state index >= 15 is 0 Å². The van der Waals surface area contributed by atoms with Crippen molar-refractivity contribution in [3.8, 4) is 0 Å². The Bertz CT molecular complexity index is 1340. The molecule has 0 saturated carbocycles. The maximum atomic E-state index is 13.6. The van der Waals surface area contributed by atoms with Crippen LogP contribution in [-0.4, -0.2) is 58.0 Å². The van der Waals surface area contributed by atoms with Crippen molar-refractivity contribution in [3.63, 3.8) is 0 Å². The molecule has 0 amide bonds. The molecule has 0 spiro atoms. The number of imidazole rings is 1. The molecule has 0 aromatic carbocycles. The lowest BCUT2D eigenvalue weighted by molar-refractivity contribution is -0.152. The third-order valence-corrected chi connectivity index (χ3v) is 12.6.